The highest BCUT2D eigenvalue weighted by Gasteiger charge is 2.19. The highest BCUT2D eigenvalue weighted by Crippen LogP contribution is 2.17. The number of unbranched alkanes of at least 4 members (excludes halogenated alkanes) is 37. The lowest BCUT2D eigenvalue weighted by Gasteiger charge is -2.18. The minimum atomic E-state index is -0.787. The molecule has 0 aromatic heterocycles. The van der Waals surface area contributed by atoms with E-state index in [-0.39, 0.29) is 31.1 Å². The zero-order chi connectivity index (χ0) is 50.7. The van der Waals surface area contributed by atoms with Gasteiger partial charge in [-0.1, -0.05) is 294 Å². The summed E-state index contributed by atoms with van der Waals surface area (Å²) < 4.78 is 16.9. The second kappa shape index (κ2) is 58.9. The first-order valence-electron chi connectivity index (χ1n) is 30.6. The molecule has 0 amide bonds. The molecule has 0 saturated carbocycles. The Balaban J connectivity index is 4.36. The molecule has 408 valence electrons. The quantitative estimate of drug-likeness (QED) is 0.0261. The van der Waals surface area contributed by atoms with Crippen LogP contribution in [0.3, 0.4) is 0 Å². The van der Waals surface area contributed by atoms with Gasteiger partial charge in [0.05, 0.1) is 0 Å². The molecule has 1 atom stereocenters. The van der Waals surface area contributed by atoms with Crippen LogP contribution < -0.4 is 0 Å². The van der Waals surface area contributed by atoms with Crippen molar-refractivity contribution in [1.29, 1.82) is 0 Å². The third-order valence-corrected chi connectivity index (χ3v) is 13.6. The van der Waals surface area contributed by atoms with Crippen LogP contribution in [0.5, 0.6) is 0 Å². The Bertz CT molecular complexity index is 1220. The van der Waals surface area contributed by atoms with Crippen LogP contribution in [-0.2, 0) is 28.6 Å². The zero-order valence-electron chi connectivity index (χ0n) is 46.8. The number of hydrogen-bond donors (Lipinski definition) is 0. The van der Waals surface area contributed by atoms with Gasteiger partial charge in [-0.25, -0.2) is 0 Å². The Morgan fingerprint density at radius 3 is 0.871 bits per heavy atom. The van der Waals surface area contributed by atoms with E-state index in [2.05, 4.69) is 69.4 Å². The predicted octanol–water partition coefficient (Wildman–Crippen LogP) is 20.6. The fourth-order valence-electron chi connectivity index (χ4n) is 9.02. The van der Waals surface area contributed by atoms with Gasteiger partial charge < -0.3 is 14.2 Å². The first-order chi connectivity index (χ1) is 34.5. The van der Waals surface area contributed by atoms with Crippen molar-refractivity contribution in [2.75, 3.05) is 13.2 Å². The maximum absolute atomic E-state index is 12.9. The Morgan fingerprint density at radius 2 is 0.557 bits per heavy atom. The van der Waals surface area contributed by atoms with Gasteiger partial charge in [-0.15, -0.1) is 0 Å². The van der Waals surface area contributed by atoms with E-state index >= 15 is 0 Å². The van der Waals surface area contributed by atoms with Crippen LogP contribution in [0.4, 0.5) is 0 Å². The van der Waals surface area contributed by atoms with E-state index < -0.39 is 6.10 Å². The fourth-order valence-corrected chi connectivity index (χ4v) is 9.02. The number of hydrogen-bond acceptors (Lipinski definition) is 6. The van der Waals surface area contributed by atoms with E-state index in [1.165, 1.54) is 199 Å². The van der Waals surface area contributed by atoms with Crippen molar-refractivity contribution in [2.24, 2.45) is 0 Å². The van der Waals surface area contributed by atoms with Crippen molar-refractivity contribution in [3.63, 3.8) is 0 Å². The summed E-state index contributed by atoms with van der Waals surface area (Å²) in [6.07, 6.45) is 72.6. The van der Waals surface area contributed by atoms with Gasteiger partial charge in [-0.2, -0.15) is 0 Å². The minimum absolute atomic E-state index is 0.0814. The van der Waals surface area contributed by atoms with E-state index in [1.807, 2.05) is 0 Å². The van der Waals surface area contributed by atoms with E-state index in [4.69, 9.17) is 14.2 Å². The summed E-state index contributed by atoms with van der Waals surface area (Å²) in [5, 5.41) is 0. The number of carbonyl (C=O) groups is 3. The molecule has 0 heterocycles. The lowest BCUT2D eigenvalue weighted by molar-refractivity contribution is -0.167. The molecule has 0 aliphatic carbocycles. The van der Waals surface area contributed by atoms with Crippen molar-refractivity contribution < 1.29 is 28.6 Å². The van der Waals surface area contributed by atoms with Gasteiger partial charge in [0.15, 0.2) is 6.10 Å². The Kier molecular flexibility index (Phi) is 56.7. The number of esters is 3. The summed E-state index contributed by atoms with van der Waals surface area (Å²) in [5.41, 5.74) is 0. The lowest BCUT2D eigenvalue weighted by atomic mass is 10.0. The van der Waals surface area contributed by atoms with E-state index in [0.29, 0.717) is 19.3 Å². The predicted molar refractivity (Wildman–Crippen MR) is 302 cm³/mol. The monoisotopic (exact) mass is 981 g/mol. The van der Waals surface area contributed by atoms with Crippen molar-refractivity contribution >= 4 is 17.9 Å². The largest absolute Gasteiger partial charge is 0.462 e. The summed E-state index contributed by atoms with van der Waals surface area (Å²) >= 11 is 0. The second-order valence-corrected chi connectivity index (χ2v) is 20.6. The average molecular weight is 982 g/mol. The summed E-state index contributed by atoms with van der Waals surface area (Å²) in [6.45, 7) is 6.55. The van der Waals surface area contributed by atoms with Gasteiger partial charge in [0.2, 0.25) is 0 Å². The van der Waals surface area contributed by atoms with Crippen molar-refractivity contribution in [3.05, 3.63) is 48.6 Å². The van der Waals surface area contributed by atoms with Gasteiger partial charge in [-0.3, -0.25) is 14.4 Å². The molecule has 0 rings (SSSR count). The highest BCUT2D eigenvalue weighted by molar-refractivity contribution is 5.71. The van der Waals surface area contributed by atoms with Gasteiger partial charge >= 0.3 is 17.9 Å². The molecule has 70 heavy (non-hydrogen) atoms. The van der Waals surface area contributed by atoms with Gasteiger partial charge in [0, 0.05) is 19.3 Å². The summed E-state index contributed by atoms with van der Waals surface area (Å²) in [6, 6.07) is 0. The number of carbonyl (C=O) groups excluding carboxylic acids is 3. The molecule has 0 aliphatic rings. The van der Waals surface area contributed by atoms with Gasteiger partial charge in [-0.05, 0) is 57.8 Å². The summed E-state index contributed by atoms with van der Waals surface area (Å²) in [7, 11) is 0. The van der Waals surface area contributed by atoms with Gasteiger partial charge in [0.25, 0.3) is 0 Å². The van der Waals surface area contributed by atoms with Crippen LogP contribution in [0.25, 0.3) is 0 Å². The van der Waals surface area contributed by atoms with Crippen LogP contribution in [-0.4, -0.2) is 37.2 Å². The minimum Gasteiger partial charge on any atom is -0.462 e. The molecule has 0 aromatic carbocycles. The second-order valence-electron chi connectivity index (χ2n) is 20.6. The van der Waals surface area contributed by atoms with Crippen LogP contribution in [0.1, 0.15) is 323 Å². The molecule has 0 N–H and O–H groups in total. The molecule has 0 aliphatic heterocycles. The van der Waals surface area contributed by atoms with Crippen LogP contribution in [0.2, 0.25) is 0 Å². The summed E-state index contributed by atoms with van der Waals surface area (Å²) in [4.78, 5) is 38.2. The molecule has 0 fully saturated rings. The Labute approximate surface area is 435 Å². The normalized spacial score (nSPS) is 12.3. The Morgan fingerprint density at radius 1 is 0.300 bits per heavy atom. The molecule has 0 radical (unpaired) electrons. The van der Waals surface area contributed by atoms with Crippen LogP contribution in [0, 0.1) is 0 Å². The fraction of sp³-hybridized carbons (Fsp3) is 0.828. The molecule has 0 spiro atoms. The van der Waals surface area contributed by atoms with Crippen molar-refractivity contribution in [1.82, 2.24) is 0 Å². The molecule has 0 bridgehead atoms. The molecule has 6 heteroatoms. The van der Waals surface area contributed by atoms with E-state index in [1.54, 1.807) is 0 Å². The zero-order valence-corrected chi connectivity index (χ0v) is 46.8. The lowest BCUT2D eigenvalue weighted by Crippen LogP contribution is -2.30. The number of ether oxygens (including phenoxy) is 3. The molecule has 0 saturated heterocycles. The topological polar surface area (TPSA) is 78.9 Å². The van der Waals surface area contributed by atoms with E-state index in [0.717, 1.165) is 83.5 Å². The average Bonchev–Trinajstić information content (AvgIpc) is 3.36. The molecular formula is C64H116O6. The molecule has 6 nitrogen and oxygen atoms in total. The maximum Gasteiger partial charge on any atom is 0.306 e. The first-order valence-corrected chi connectivity index (χ1v) is 30.6. The first kappa shape index (κ1) is 67.4. The number of rotatable bonds is 56. The number of allylic oxidation sites excluding steroid dienone is 8. The molecule has 0 unspecified atom stereocenters. The molecule has 0 aromatic rings. The van der Waals surface area contributed by atoms with Crippen molar-refractivity contribution in [3.8, 4) is 0 Å². The SMILES string of the molecule is CC/C=C\C/C=C\C/C=C\C/C=C\CCCCC(=O)OC[C@H](COC(=O)CCCCCCCCCCCCCCCCCCCCC)OC(=O)CCCCCCCCCCCCCCCCCCCC. The van der Waals surface area contributed by atoms with E-state index in [9.17, 15) is 14.4 Å². The third kappa shape index (κ3) is 56.3. The van der Waals surface area contributed by atoms with Crippen molar-refractivity contribution in [2.45, 2.75) is 329 Å². The van der Waals surface area contributed by atoms with Crippen LogP contribution >= 0.6 is 0 Å². The van der Waals surface area contributed by atoms with Gasteiger partial charge in [0.1, 0.15) is 13.2 Å². The molecular weight excluding hydrogens is 865 g/mol. The standard InChI is InChI=1S/C64H116O6/c1-4-7-10-13-16-19-22-25-28-30-32-34-36-39-42-45-48-51-54-57-63(66)69-60-61(59-68-62(65)56-53-50-47-44-41-38-35-27-24-21-18-15-12-9-6-3)70-64(67)58-55-52-49-46-43-40-37-33-31-29-26-23-20-17-14-11-8-5-2/h9,12,18,21,27,35,41,44,61H,4-8,10-11,13-17,19-20,22-26,28-34,36-40,42-43,45-60H2,1-3H3/b12-9-,21-18-,35-27-,44-41-/t61-/m1/s1. The third-order valence-electron chi connectivity index (χ3n) is 13.6. The maximum atomic E-state index is 12.9. The highest BCUT2D eigenvalue weighted by atomic mass is 16.6. The smallest absolute Gasteiger partial charge is 0.306 e. The Hall–Kier alpha value is -2.63. The summed E-state index contributed by atoms with van der Waals surface area (Å²) in [5.74, 6) is -0.904. The van der Waals surface area contributed by atoms with Crippen LogP contribution in [0.15, 0.2) is 48.6 Å².